The van der Waals surface area contributed by atoms with Crippen molar-refractivity contribution in [1.29, 1.82) is 0 Å². The van der Waals surface area contributed by atoms with E-state index in [0.717, 1.165) is 21.3 Å². The van der Waals surface area contributed by atoms with Crippen LogP contribution in [0.25, 0.3) is 0 Å². The van der Waals surface area contributed by atoms with E-state index in [0.29, 0.717) is 0 Å². The van der Waals surface area contributed by atoms with Crippen LogP contribution in [-0.2, 0) is 5.21 Å². The van der Waals surface area contributed by atoms with E-state index < -0.39 is 0 Å². The number of nitrogens with zero attached hydrogens (tertiary/aromatic N) is 1. The van der Waals surface area contributed by atoms with Gasteiger partial charge in [-0.1, -0.05) is 23.5 Å². The average molecular weight is 321 g/mol. The van der Waals surface area contributed by atoms with Crippen molar-refractivity contribution in [2.45, 2.75) is 51.6 Å². The third kappa shape index (κ3) is 2.79. The highest BCUT2D eigenvalue weighted by Gasteiger charge is 2.45. The Labute approximate surface area is 128 Å². The number of thiol groups is 2. The van der Waals surface area contributed by atoms with Gasteiger partial charge in [-0.3, -0.25) is 0 Å². The van der Waals surface area contributed by atoms with Crippen LogP contribution in [0.2, 0.25) is 0 Å². The summed E-state index contributed by atoms with van der Waals surface area (Å²) >= 11 is 12.2. The lowest BCUT2D eigenvalue weighted by atomic mass is 9.79. The van der Waals surface area contributed by atoms with Gasteiger partial charge in [-0.05, 0) is 46.1 Å². The quantitative estimate of drug-likeness (QED) is 0.634. The van der Waals surface area contributed by atoms with Crippen molar-refractivity contribution >= 4 is 48.8 Å². The highest BCUT2D eigenvalue weighted by molar-refractivity contribution is 8.37. The standard InChI is InChI=1S/C12H18NOS4/c1-11(2)5-7(6-12(3,4)13(11)14)10-17-8(15)9(16)18-10/h15-16H,5-6H2,1-4H3. The maximum Gasteiger partial charge on any atom is 0.0626 e. The van der Waals surface area contributed by atoms with Crippen molar-refractivity contribution in [3.63, 3.8) is 0 Å². The van der Waals surface area contributed by atoms with Gasteiger partial charge < -0.3 is 0 Å². The summed E-state index contributed by atoms with van der Waals surface area (Å²) in [6, 6.07) is 0. The summed E-state index contributed by atoms with van der Waals surface area (Å²) in [5.41, 5.74) is 0.672. The molecule has 0 amide bonds. The zero-order chi connectivity index (χ0) is 13.7. The van der Waals surface area contributed by atoms with Crippen LogP contribution in [0.5, 0.6) is 0 Å². The van der Waals surface area contributed by atoms with Gasteiger partial charge >= 0.3 is 0 Å². The zero-order valence-corrected chi connectivity index (χ0v) is 14.4. The van der Waals surface area contributed by atoms with E-state index in [1.54, 1.807) is 23.5 Å². The van der Waals surface area contributed by atoms with Gasteiger partial charge in [0.05, 0.1) is 12.7 Å². The molecule has 2 rings (SSSR count). The third-order valence-electron chi connectivity index (χ3n) is 3.24. The van der Waals surface area contributed by atoms with Crippen molar-refractivity contribution in [2.24, 2.45) is 0 Å². The monoisotopic (exact) mass is 320 g/mol. The van der Waals surface area contributed by atoms with Crippen LogP contribution in [0.15, 0.2) is 18.3 Å². The molecule has 101 valence electrons. The molecule has 0 aromatic carbocycles. The smallest absolute Gasteiger partial charge is 0.0626 e. The largest absolute Gasteiger partial charge is 0.143 e. The molecule has 0 unspecified atom stereocenters. The Morgan fingerprint density at radius 2 is 1.39 bits per heavy atom. The van der Waals surface area contributed by atoms with E-state index in [-0.39, 0.29) is 11.1 Å². The molecule has 0 spiro atoms. The first-order valence-corrected chi connectivity index (χ1v) is 8.34. The SMILES string of the molecule is CC1(C)CC(=C2SC(S)=C(S)S2)CC(C)(C)N1[O]. The fraction of sp³-hybridized carbons (Fsp3) is 0.667. The fourth-order valence-electron chi connectivity index (χ4n) is 2.64. The van der Waals surface area contributed by atoms with Crippen LogP contribution in [0.1, 0.15) is 40.5 Å². The van der Waals surface area contributed by atoms with Gasteiger partial charge in [-0.2, -0.15) is 0 Å². The van der Waals surface area contributed by atoms with Crippen molar-refractivity contribution in [3.05, 3.63) is 18.3 Å². The molecule has 6 heteroatoms. The molecule has 2 heterocycles. The fourth-order valence-corrected chi connectivity index (χ4v) is 5.85. The summed E-state index contributed by atoms with van der Waals surface area (Å²) in [5, 5.41) is 13.6. The molecule has 2 aliphatic heterocycles. The molecular weight excluding hydrogens is 302 g/mol. The van der Waals surface area contributed by atoms with Crippen LogP contribution in [0.4, 0.5) is 0 Å². The second kappa shape index (κ2) is 4.97. The van der Waals surface area contributed by atoms with Crippen molar-refractivity contribution < 1.29 is 5.21 Å². The van der Waals surface area contributed by atoms with Crippen molar-refractivity contribution in [1.82, 2.24) is 5.06 Å². The number of piperidine rings is 1. The van der Waals surface area contributed by atoms with E-state index in [2.05, 4.69) is 25.3 Å². The topological polar surface area (TPSA) is 23.1 Å². The van der Waals surface area contributed by atoms with Gasteiger partial charge in [-0.15, -0.1) is 35.5 Å². The molecule has 0 atom stereocenters. The predicted molar refractivity (Wildman–Crippen MR) is 87.1 cm³/mol. The second-order valence-corrected chi connectivity index (χ2v) is 9.78. The van der Waals surface area contributed by atoms with Crippen LogP contribution >= 0.6 is 48.8 Å². The number of thioether (sulfide) groups is 2. The van der Waals surface area contributed by atoms with E-state index in [4.69, 9.17) is 0 Å². The van der Waals surface area contributed by atoms with E-state index in [1.807, 2.05) is 27.7 Å². The van der Waals surface area contributed by atoms with Gasteiger partial charge in [0.15, 0.2) is 0 Å². The number of hydroxylamine groups is 2. The summed E-state index contributed by atoms with van der Waals surface area (Å²) in [6.45, 7) is 8.07. The lowest BCUT2D eigenvalue weighted by Crippen LogP contribution is -2.56. The highest BCUT2D eigenvalue weighted by atomic mass is 32.2. The maximum atomic E-state index is 12.3. The molecule has 1 saturated heterocycles. The second-order valence-electron chi connectivity index (χ2n) is 5.98. The first-order valence-electron chi connectivity index (χ1n) is 5.81. The van der Waals surface area contributed by atoms with Gasteiger partial charge in [0.2, 0.25) is 0 Å². The molecule has 2 aliphatic rings. The van der Waals surface area contributed by atoms with Gasteiger partial charge in [0.1, 0.15) is 0 Å². The third-order valence-corrected chi connectivity index (χ3v) is 7.09. The molecule has 0 aliphatic carbocycles. The molecule has 1 radical (unpaired) electrons. The molecule has 0 N–H and O–H groups in total. The molecule has 0 saturated carbocycles. The maximum absolute atomic E-state index is 12.3. The zero-order valence-electron chi connectivity index (χ0n) is 11.0. The lowest BCUT2D eigenvalue weighted by molar-refractivity contribution is -0.279. The molecule has 1 fully saturated rings. The Bertz CT molecular complexity index is 403. The van der Waals surface area contributed by atoms with Crippen molar-refractivity contribution in [3.8, 4) is 0 Å². The highest BCUT2D eigenvalue weighted by Crippen LogP contribution is 2.56. The predicted octanol–water partition coefficient (Wildman–Crippen LogP) is 4.66. The molecule has 2 nitrogen and oxygen atoms in total. The number of hydrogen-bond donors (Lipinski definition) is 2. The Kier molecular flexibility index (Phi) is 4.19. The number of hydrogen-bond acceptors (Lipinski definition) is 5. The van der Waals surface area contributed by atoms with Crippen LogP contribution in [0, 0.1) is 0 Å². The van der Waals surface area contributed by atoms with Crippen LogP contribution < -0.4 is 0 Å². The Balaban J connectivity index is 2.30. The summed E-state index contributed by atoms with van der Waals surface area (Å²) in [7, 11) is 0. The summed E-state index contributed by atoms with van der Waals surface area (Å²) in [4.78, 5) is 0. The average Bonchev–Trinajstić information content (AvgIpc) is 2.55. The van der Waals surface area contributed by atoms with E-state index in [9.17, 15) is 5.21 Å². The minimum absolute atomic E-state index is 0.346. The molecular formula is C12H18NOS4. The van der Waals surface area contributed by atoms with Crippen molar-refractivity contribution in [2.75, 3.05) is 0 Å². The first kappa shape index (κ1) is 15.2. The van der Waals surface area contributed by atoms with Gasteiger partial charge in [0, 0.05) is 11.1 Å². The normalized spacial score (nSPS) is 28.2. The van der Waals surface area contributed by atoms with Gasteiger partial charge in [-0.25, -0.2) is 0 Å². The minimum atomic E-state index is -0.346. The summed E-state index contributed by atoms with van der Waals surface area (Å²) in [5.74, 6) is 0. The molecule has 18 heavy (non-hydrogen) atoms. The van der Waals surface area contributed by atoms with Crippen LogP contribution in [0.3, 0.4) is 0 Å². The molecule has 0 aromatic heterocycles. The Morgan fingerprint density at radius 3 is 1.78 bits per heavy atom. The summed E-state index contributed by atoms with van der Waals surface area (Å²) in [6.07, 6.45) is 1.63. The number of rotatable bonds is 0. The first-order chi connectivity index (χ1) is 8.13. The Hall–Kier alpha value is 0.800. The van der Waals surface area contributed by atoms with Gasteiger partial charge in [0.25, 0.3) is 0 Å². The minimum Gasteiger partial charge on any atom is -0.143 e. The summed E-state index contributed by atoms with van der Waals surface area (Å²) < 4.78 is 3.19. The molecule has 0 aromatic rings. The molecule has 0 bridgehead atoms. The van der Waals surface area contributed by atoms with E-state index in [1.165, 1.54) is 14.9 Å². The van der Waals surface area contributed by atoms with Crippen LogP contribution in [-0.4, -0.2) is 16.1 Å². The Morgan fingerprint density at radius 1 is 1.00 bits per heavy atom. The lowest BCUT2D eigenvalue weighted by Gasteiger charge is -2.48. The van der Waals surface area contributed by atoms with E-state index >= 15 is 0 Å².